The molecule has 1 aliphatic rings. The summed E-state index contributed by atoms with van der Waals surface area (Å²) >= 11 is 0. The zero-order valence-corrected chi connectivity index (χ0v) is 17.0. The number of methoxy groups -OCH3 is 1. The summed E-state index contributed by atoms with van der Waals surface area (Å²) in [6.45, 7) is 3.76. The molecule has 3 rings (SSSR count). The zero-order chi connectivity index (χ0) is 20.6. The Hall–Kier alpha value is -3.08. The summed E-state index contributed by atoms with van der Waals surface area (Å²) in [6.07, 6.45) is 3.36. The summed E-state index contributed by atoms with van der Waals surface area (Å²) in [5, 5.41) is 0. The first-order chi connectivity index (χ1) is 14.1. The van der Waals surface area contributed by atoms with Gasteiger partial charge in [0.15, 0.2) is 5.78 Å². The van der Waals surface area contributed by atoms with Gasteiger partial charge in [0.25, 0.3) is 0 Å². The molecule has 0 aromatic heterocycles. The molecule has 5 heteroatoms. The highest BCUT2D eigenvalue weighted by Gasteiger charge is 2.19. The number of hydrogen-bond donors (Lipinski definition) is 0. The average molecular weight is 393 g/mol. The predicted octanol–water partition coefficient (Wildman–Crippen LogP) is 4.37. The summed E-state index contributed by atoms with van der Waals surface area (Å²) < 4.78 is 10.6. The Bertz CT molecular complexity index is 869. The second-order valence-corrected chi connectivity index (χ2v) is 6.93. The average Bonchev–Trinajstić information content (AvgIpc) is 2.78. The first-order valence-electron chi connectivity index (χ1n) is 9.98. The van der Waals surface area contributed by atoms with Crippen molar-refractivity contribution in [2.24, 2.45) is 0 Å². The predicted molar refractivity (Wildman–Crippen MR) is 113 cm³/mol. The summed E-state index contributed by atoms with van der Waals surface area (Å²) in [5.74, 6) is 1.58. The van der Waals surface area contributed by atoms with Gasteiger partial charge in [-0.3, -0.25) is 9.59 Å². The highest BCUT2D eigenvalue weighted by atomic mass is 16.5. The lowest BCUT2D eigenvalue weighted by Gasteiger charge is -2.26. The molecule has 1 heterocycles. The molecule has 0 bridgehead atoms. The molecule has 0 N–H and O–H groups in total. The normalized spacial score (nSPS) is 13.6. The molecule has 0 atom stereocenters. The smallest absolute Gasteiger partial charge is 0.223 e. The number of hydrogen-bond acceptors (Lipinski definition) is 4. The molecule has 0 saturated carbocycles. The standard InChI is InChI=1S/C24H27NO4/c1-3-29-22-10-6-20(7-11-22)23(26)12-13-24(27)25-16-14-19(15-17-25)18-4-8-21(28-2)9-5-18/h4-11,14H,3,12-13,15-17H2,1-2H3. The molecule has 0 saturated heterocycles. The van der Waals surface area contributed by atoms with Crippen LogP contribution in [0.4, 0.5) is 0 Å². The van der Waals surface area contributed by atoms with Crippen molar-refractivity contribution in [3.63, 3.8) is 0 Å². The lowest BCUT2D eigenvalue weighted by molar-refractivity contribution is -0.130. The minimum atomic E-state index is -0.0205. The second-order valence-electron chi connectivity index (χ2n) is 6.93. The molecule has 0 spiro atoms. The maximum absolute atomic E-state index is 12.5. The van der Waals surface area contributed by atoms with Crippen LogP contribution in [0.3, 0.4) is 0 Å². The van der Waals surface area contributed by atoms with Gasteiger partial charge < -0.3 is 14.4 Å². The first-order valence-corrected chi connectivity index (χ1v) is 9.98. The van der Waals surface area contributed by atoms with Crippen molar-refractivity contribution in [3.8, 4) is 11.5 Å². The van der Waals surface area contributed by atoms with Crippen LogP contribution in [0.2, 0.25) is 0 Å². The quantitative estimate of drug-likeness (QED) is 0.625. The molecule has 1 amide bonds. The second kappa shape index (κ2) is 9.92. The molecule has 2 aromatic carbocycles. The van der Waals surface area contributed by atoms with Crippen molar-refractivity contribution in [2.45, 2.75) is 26.2 Å². The van der Waals surface area contributed by atoms with E-state index in [9.17, 15) is 9.59 Å². The topological polar surface area (TPSA) is 55.8 Å². The number of carbonyl (C=O) groups is 2. The Morgan fingerprint density at radius 3 is 2.24 bits per heavy atom. The van der Waals surface area contributed by atoms with E-state index in [1.165, 1.54) is 5.57 Å². The van der Waals surface area contributed by atoms with E-state index in [2.05, 4.69) is 6.08 Å². The molecule has 0 radical (unpaired) electrons. The summed E-state index contributed by atoms with van der Waals surface area (Å²) in [5.41, 5.74) is 3.01. The maximum Gasteiger partial charge on any atom is 0.223 e. The Labute approximate surface area is 171 Å². The lowest BCUT2D eigenvalue weighted by Crippen LogP contribution is -2.34. The van der Waals surface area contributed by atoms with Crippen molar-refractivity contribution < 1.29 is 19.1 Å². The van der Waals surface area contributed by atoms with Gasteiger partial charge in [-0.05, 0) is 60.9 Å². The van der Waals surface area contributed by atoms with Crippen LogP contribution in [0.25, 0.3) is 5.57 Å². The zero-order valence-electron chi connectivity index (χ0n) is 17.0. The van der Waals surface area contributed by atoms with Gasteiger partial charge in [-0.15, -0.1) is 0 Å². The molecule has 2 aromatic rings. The Balaban J connectivity index is 1.50. The molecule has 0 aliphatic carbocycles. The number of Topliss-reactive ketones (excluding diaryl/α,β-unsaturated/α-hetero) is 1. The van der Waals surface area contributed by atoms with Gasteiger partial charge in [0.05, 0.1) is 13.7 Å². The first kappa shape index (κ1) is 20.6. The molecule has 152 valence electrons. The van der Waals surface area contributed by atoms with E-state index in [1.807, 2.05) is 36.1 Å². The van der Waals surface area contributed by atoms with E-state index < -0.39 is 0 Å². The summed E-state index contributed by atoms with van der Waals surface area (Å²) in [4.78, 5) is 26.7. The van der Waals surface area contributed by atoms with E-state index >= 15 is 0 Å². The van der Waals surface area contributed by atoms with E-state index in [4.69, 9.17) is 9.47 Å². The molecule has 5 nitrogen and oxygen atoms in total. The summed E-state index contributed by atoms with van der Waals surface area (Å²) in [7, 11) is 1.65. The van der Waals surface area contributed by atoms with E-state index in [0.717, 1.165) is 23.5 Å². The van der Waals surface area contributed by atoms with E-state index in [0.29, 0.717) is 25.3 Å². The third-order valence-corrected chi connectivity index (χ3v) is 5.08. The fourth-order valence-electron chi connectivity index (χ4n) is 3.39. The minimum Gasteiger partial charge on any atom is -0.497 e. The molecule has 29 heavy (non-hydrogen) atoms. The SMILES string of the molecule is CCOc1ccc(C(=O)CCC(=O)N2CC=C(c3ccc(OC)cc3)CC2)cc1. The van der Waals surface area contributed by atoms with Crippen LogP contribution in [0.5, 0.6) is 11.5 Å². The Morgan fingerprint density at radius 1 is 0.966 bits per heavy atom. The number of rotatable bonds is 8. The van der Waals surface area contributed by atoms with E-state index in [-0.39, 0.29) is 24.5 Å². The van der Waals surface area contributed by atoms with Crippen LogP contribution in [-0.2, 0) is 4.79 Å². The molecular weight excluding hydrogens is 366 g/mol. The number of ether oxygens (including phenoxy) is 2. The maximum atomic E-state index is 12.5. The van der Waals surface area contributed by atoms with Gasteiger partial charge >= 0.3 is 0 Å². The van der Waals surface area contributed by atoms with Crippen LogP contribution in [0.15, 0.2) is 54.6 Å². The van der Waals surface area contributed by atoms with Crippen LogP contribution in [0, 0.1) is 0 Å². The van der Waals surface area contributed by atoms with Gasteiger partial charge in [0.2, 0.25) is 5.91 Å². The summed E-state index contributed by atoms with van der Waals surface area (Å²) in [6, 6.07) is 15.0. The van der Waals surface area contributed by atoms with Gasteiger partial charge in [-0.1, -0.05) is 18.2 Å². The number of carbonyl (C=O) groups excluding carboxylic acids is 2. The highest BCUT2D eigenvalue weighted by Crippen LogP contribution is 2.25. The van der Waals surface area contributed by atoms with Gasteiger partial charge in [0.1, 0.15) is 11.5 Å². The number of benzene rings is 2. The molecule has 0 unspecified atom stereocenters. The molecule has 0 fully saturated rings. The fraction of sp³-hybridized carbons (Fsp3) is 0.333. The third kappa shape index (κ3) is 5.47. The monoisotopic (exact) mass is 393 g/mol. The number of nitrogens with zero attached hydrogens (tertiary/aromatic N) is 1. The van der Waals surface area contributed by atoms with Crippen molar-refractivity contribution >= 4 is 17.3 Å². The lowest BCUT2D eigenvalue weighted by atomic mass is 9.99. The van der Waals surface area contributed by atoms with Crippen LogP contribution in [0.1, 0.15) is 42.1 Å². The third-order valence-electron chi connectivity index (χ3n) is 5.08. The van der Waals surface area contributed by atoms with Gasteiger partial charge in [0, 0.05) is 31.5 Å². The number of ketones is 1. The van der Waals surface area contributed by atoms with Crippen molar-refractivity contribution in [1.29, 1.82) is 0 Å². The number of amides is 1. The van der Waals surface area contributed by atoms with Crippen LogP contribution >= 0.6 is 0 Å². The fourth-order valence-corrected chi connectivity index (χ4v) is 3.39. The van der Waals surface area contributed by atoms with Crippen LogP contribution < -0.4 is 9.47 Å². The van der Waals surface area contributed by atoms with Crippen LogP contribution in [-0.4, -0.2) is 43.4 Å². The molecule has 1 aliphatic heterocycles. The largest absolute Gasteiger partial charge is 0.497 e. The van der Waals surface area contributed by atoms with Crippen molar-refractivity contribution in [3.05, 3.63) is 65.7 Å². The van der Waals surface area contributed by atoms with E-state index in [1.54, 1.807) is 31.4 Å². The minimum absolute atomic E-state index is 0.0205. The van der Waals surface area contributed by atoms with Gasteiger partial charge in [-0.25, -0.2) is 0 Å². The van der Waals surface area contributed by atoms with Crippen molar-refractivity contribution in [1.82, 2.24) is 4.90 Å². The molecular formula is C24H27NO4. The van der Waals surface area contributed by atoms with Crippen molar-refractivity contribution in [2.75, 3.05) is 26.8 Å². The Kier molecular flexibility index (Phi) is 7.06. The van der Waals surface area contributed by atoms with Gasteiger partial charge in [-0.2, -0.15) is 0 Å². The Morgan fingerprint density at radius 2 is 1.66 bits per heavy atom. The highest BCUT2D eigenvalue weighted by molar-refractivity contribution is 5.98.